The van der Waals surface area contributed by atoms with E-state index in [4.69, 9.17) is 4.74 Å². The first-order valence-electron chi connectivity index (χ1n) is 9.15. The molecule has 0 N–H and O–H groups in total. The Labute approximate surface area is 174 Å². The second-order valence-electron chi connectivity index (χ2n) is 6.33. The molecule has 2 aromatic carbocycles. The third-order valence-corrected chi connectivity index (χ3v) is 5.37. The van der Waals surface area contributed by atoms with Crippen LogP contribution in [0.2, 0.25) is 0 Å². The molecular formula is C22H22N2O4S. The summed E-state index contributed by atoms with van der Waals surface area (Å²) >= 11 is 1.33. The molecule has 1 heterocycles. The van der Waals surface area contributed by atoms with Crippen LogP contribution in [0.15, 0.2) is 58.4 Å². The van der Waals surface area contributed by atoms with Gasteiger partial charge in [-0.05, 0) is 59.7 Å². The Morgan fingerprint density at radius 3 is 2.66 bits per heavy atom. The van der Waals surface area contributed by atoms with E-state index in [0.29, 0.717) is 15.8 Å². The molecule has 6 nitrogen and oxygen atoms in total. The summed E-state index contributed by atoms with van der Waals surface area (Å²) < 4.78 is 9.97. The van der Waals surface area contributed by atoms with Crippen molar-refractivity contribution >= 4 is 40.6 Å². The number of thioether (sulfide) groups is 1. The summed E-state index contributed by atoms with van der Waals surface area (Å²) in [5, 5.41) is 0.628. The number of likely N-dealkylation sites (N-methyl/N-ethyl adjacent to an activating group) is 1. The Morgan fingerprint density at radius 2 is 1.97 bits per heavy atom. The molecule has 0 bridgehead atoms. The highest BCUT2D eigenvalue weighted by atomic mass is 32.2. The maximum Gasteiger partial charge on any atom is 0.343 e. The molecule has 0 radical (unpaired) electrons. The molecule has 1 aliphatic rings. The minimum Gasteiger partial charge on any atom is -0.482 e. The number of esters is 1. The van der Waals surface area contributed by atoms with E-state index < -0.39 is 5.97 Å². The Balaban J connectivity index is 1.77. The molecule has 0 saturated carbocycles. The van der Waals surface area contributed by atoms with Crippen molar-refractivity contribution in [1.29, 1.82) is 0 Å². The van der Waals surface area contributed by atoms with E-state index in [0.717, 1.165) is 17.7 Å². The smallest absolute Gasteiger partial charge is 0.343 e. The predicted molar refractivity (Wildman–Crippen MR) is 115 cm³/mol. The molecule has 0 atom stereocenters. The van der Waals surface area contributed by atoms with Crippen LogP contribution in [-0.4, -0.2) is 42.7 Å². The first-order valence-corrected chi connectivity index (χ1v) is 9.96. The van der Waals surface area contributed by atoms with Gasteiger partial charge in [0.25, 0.3) is 5.91 Å². The van der Waals surface area contributed by atoms with E-state index in [2.05, 4.69) is 16.7 Å². The SMILES string of the molecule is CCc1ccc(N=C2S/C(=C/c3cccc(OCC(=O)OC)c3)C(=O)N2C)cc1. The number of carbonyl (C=O) groups excluding carboxylic acids is 2. The number of rotatable bonds is 6. The van der Waals surface area contributed by atoms with Crippen molar-refractivity contribution in [2.45, 2.75) is 13.3 Å². The zero-order valence-corrected chi connectivity index (χ0v) is 17.4. The van der Waals surface area contributed by atoms with E-state index >= 15 is 0 Å². The highest BCUT2D eigenvalue weighted by Crippen LogP contribution is 2.33. The predicted octanol–water partition coefficient (Wildman–Crippen LogP) is 4.03. The van der Waals surface area contributed by atoms with Gasteiger partial charge >= 0.3 is 5.97 Å². The van der Waals surface area contributed by atoms with Crippen molar-refractivity contribution in [2.75, 3.05) is 20.8 Å². The van der Waals surface area contributed by atoms with Crippen LogP contribution in [0.1, 0.15) is 18.1 Å². The number of amides is 1. The van der Waals surface area contributed by atoms with Gasteiger partial charge in [0.1, 0.15) is 5.75 Å². The van der Waals surface area contributed by atoms with Gasteiger partial charge in [-0.25, -0.2) is 9.79 Å². The number of benzene rings is 2. The summed E-state index contributed by atoms with van der Waals surface area (Å²) in [7, 11) is 3.02. The molecule has 1 saturated heterocycles. The minimum atomic E-state index is -0.454. The maximum absolute atomic E-state index is 12.6. The second kappa shape index (κ2) is 9.43. The van der Waals surface area contributed by atoms with Crippen LogP contribution in [0.5, 0.6) is 5.75 Å². The lowest BCUT2D eigenvalue weighted by Crippen LogP contribution is -2.23. The maximum atomic E-state index is 12.6. The van der Waals surface area contributed by atoms with Crippen LogP contribution in [0.4, 0.5) is 5.69 Å². The number of nitrogens with zero attached hydrogens (tertiary/aromatic N) is 2. The number of ether oxygens (including phenoxy) is 2. The van der Waals surface area contributed by atoms with Gasteiger partial charge in [-0.3, -0.25) is 9.69 Å². The van der Waals surface area contributed by atoms with Crippen LogP contribution < -0.4 is 4.74 Å². The summed E-state index contributed by atoms with van der Waals surface area (Å²) in [4.78, 5) is 30.6. The lowest BCUT2D eigenvalue weighted by atomic mass is 10.2. The highest BCUT2D eigenvalue weighted by Gasteiger charge is 2.30. The number of aliphatic imine (C=N–C) groups is 1. The fourth-order valence-electron chi connectivity index (χ4n) is 2.61. The van der Waals surface area contributed by atoms with E-state index in [1.165, 1.54) is 24.4 Å². The van der Waals surface area contributed by atoms with Crippen molar-refractivity contribution in [3.05, 3.63) is 64.6 Å². The molecule has 29 heavy (non-hydrogen) atoms. The van der Waals surface area contributed by atoms with E-state index in [-0.39, 0.29) is 12.5 Å². The van der Waals surface area contributed by atoms with E-state index in [9.17, 15) is 9.59 Å². The molecule has 0 aromatic heterocycles. The minimum absolute atomic E-state index is 0.111. The molecule has 1 aliphatic heterocycles. The first-order chi connectivity index (χ1) is 14.0. The zero-order valence-electron chi connectivity index (χ0n) is 16.5. The largest absolute Gasteiger partial charge is 0.482 e. The number of carbonyl (C=O) groups is 2. The molecule has 3 rings (SSSR count). The first kappa shape index (κ1) is 20.7. The molecular weight excluding hydrogens is 388 g/mol. The number of aryl methyl sites for hydroxylation is 1. The molecule has 2 aromatic rings. The van der Waals surface area contributed by atoms with Crippen molar-refractivity contribution in [3.63, 3.8) is 0 Å². The fourth-order valence-corrected chi connectivity index (χ4v) is 3.60. The Hall–Kier alpha value is -3.06. The topological polar surface area (TPSA) is 68.2 Å². The standard InChI is InChI=1S/C22H22N2O4S/c1-4-15-8-10-17(11-9-15)23-22-24(2)21(26)19(29-22)13-16-6-5-7-18(12-16)28-14-20(25)27-3/h5-13H,4,14H2,1-3H3/b19-13+,23-22?. The number of amidine groups is 1. The van der Waals surface area contributed by atoms with Gasteiger partial charge in [0.05, 0.1) is 17.7 Å². The third kappa shape index (κ3) is 5.26. The Morgan fingerprint density at radius 1 is 1.21 bits per heavy atom. The second-order valence-corrected chi connectivity index (χ2v) is 7.34. The van der Waals surface area contributed by atoms with Crippen LogP contribution in [-0.2, 0) is 20.7 Å². The van der Waals surface area contributed by atoms with Gasteiger partial charge < -0.3 is 9.47 Å². The number of methoxy groups -OCH3 is 1. The van der Waals surface area contributed by atoms with Crippen molar-refractivity contribution in [1.82, 2.24) is 4.90 Å². The van der Waals surface area contributed by atoms with Crippen LogP contribution >= 0.6 is 11.8 Å². The fraction of sp³-hybridized carbons (Fsp3) is 0.227. The summed E-state index contributed by atoms with van der Waals surface area (Å²) in [6, 6.07) is 15.2. The van der Waals surface area contributed by atoms with Crippen LogP contribution in [0.25, 0.3) is 6.08 Å². The number of hydrogen-bond donors (Lipinski definition) is 0. The zero-order chi connectivity index (χ0) is 20.8. The van der Waals surface area contributed by atoms with E-state index in [1.807, 2.05) is 30.3 Å². The van der Waals surface area contributed by atoms with Gasteiger partial charge in [0.2, 0.25) is 0 Å². The van der Waals surface area contributed by atoms with E-state index in [1.54, 1.807) is 36.2 Å². The third-order valence-electron chi connectivity index (χ3n) is 4.31. The molecule has 7 heteroatoms. The summed E-state index contributed by atoms with van der Waals surface area (Å²) in [6.07, 6.45) is 2.76. The lowest BCUT2D eigenvalue weighted by molar-refractivity contribution is -0.142. The van der Waals surface area contributed by atoms with Crippen LogP contribution in [0.3, 0.4) is 0 Å². The summed E-state index contributed by atoms with van der Waals surface area (Å²) in [5.41, 5.74) is 2.85. The normalized spacial score (nSPS) is 16.5. The lowest BCUT2D eigenvalue weighted by Gasteiger charge is -2.07. The molecule has 0 aliphatic carbocycles. The summed E-state index contributed by atoms with van der Waals surface area (Å²) in [5.74, 6) is -0.0389. The average molecular weight is 410 g/mol. The van der Waals surface area contributed by atoms with Gasteiger partial charge in [-0.1, -0.05) is 31.2 Å². The Kier molecular flexibility index (Phi) is 6.72. The van der Waals surface area contributed by atoms with Crippen molar-refractivity contribution < 1.29 is 19.1 Å². The van der Waals surface area contributed by atoms with Gasteiger partial charge in [0.15, 0.2) is 11.8 Å². The highest BCUT2D eigenvalue weighted by molar-refractivity contribution is 8.18. The molecule has 0 unspecified atom stereocenters. The summed E-state index contributed by atoms with van der Waals surface area (Å²) in [6.45, 7) is 1.94. The van der Waals surface area contributed by atoms with Crippen molar-refractivity contribution in [2.24, 2.45) is 4.99 Å². The monoisotopic (exact) mass is 410 g/mol. The van der Waals surface area contributed by atoms with Gasteiger partial charge in [-0.2, -0.15) is 0 Å². The molecule has 1 fully saturated rings. The van der Waals surface area contributed by atoms with Gasteiger partial charge in [-0.15, -0.1) is 0 Å². The van der Waals surface area contributed by atoms with Gasteiger partial charge in [0, 0.05) is 7.05 Å². The quantitative estimate of drug-likeness (QED) is 0.531. The molecule has 1 amide bonds. The number of hydrogen-bond acceptors (Lipinski definition) is 6. The molecule has 0 spiro atoms. The average Bonchev–Trinajstić information content (AvgIpc) is 3.00. The molecule has 150 valence electrons. The Bertz CT molecular complexity index is 967. The van der Waals surface area contributed by atoms with Crippen LogP contribution in [0, 0.1) is 0 Å². The van der Waals surface area contributed by atoms with Crippen molar-refractivity contribution in [3.8, 4) is 5.75 Å².